The third-order valence-corrected chi connectivity index (χ3v) is 1.24. The topological polar surface area (TPSA) is 29.5 Å². The summed E-state index contributed by atoms with van der Waals surface area (Å²) in [5.74, 6) is 0. The van der Waals surface area contributed by atoms with E-state index in [-0.39, 0.29) is 6.61 Å². The summed E-state index contributed by atoms with van der Waals surface area (Å²) >= 11 is 0. The van der Waals surface area contributed by atoms with Crippen molar-refractivity contribution in [2.24, 2.45) is 0 Å². The zero-order valence-electron chi connectivity index (χ0n) is 4.26. The number of hydrogen-bond donors (Lipinski definition) is 1. The predicted molar refractivity (Wildman–Crippen MR) is 26.1 cm³/mol. The van der Waals surface area contributed by atoms with Crippen molar-refractivity contribution in [1.82, 2.24) is 0 Å². The molecule has 0 radical (unpaired) electrons. The van der Waals surface area contributed by atoms with Gasteiger partial charge in [0.2, 0.25) is 0 Å². The van der Waals surface area contributed by atoms with Crippen molar-refractivity contribution < 1.29 is 9.84 Å². The van der Waals surface area contributed by atoms with Crippen molar-refractivity contribution in [3.63, 3.8) is 0 Å². The zero-order valence-corrected chi connectivity index (χ0v) is 4.26. The van der Waals surface area contributed by atoms with Crippen LogP contribution in [0.1, 0.15) is 12.8 Å². The summed E-state index contributed by atoms with van der Waals surface area (Å²) in [5.41, 5.74) is 0. The smallest absolute Gasteiger partial charge is 0.0618 e. The molecule has 0 saturated carbocycles. The highest BCUT2D eigenvalue weighted by molar-refractivity contribution is 4.64. The van der Waals surface area contributed by atoms with Crippen molar-refractivity contribution in [3.8, 4) is 0 Å². The maximum absolute atomic E-state index is 8.32. The van der Waals surface area contributed by atoms with Gasteiger partial charge in [0, 0.05) is 13.2 Å². The van der Waals surface area contributed by atoms with Gasteiger partial charge in [0.1, 0.15) is 0 Å². The van der Waals surface area contributed by atoms with Gasteiger partial charge in [0.15, 0.2) is 0 Å². The third-order valence-electron chi connectivity index (χ3n) is 1.24. The summed E-state index contributed by atoms with van der Waals surface area (Å²) in [7, 11) is 0. The molecule has 1 rings (SSSR count). The van der Waals surface area contributed by atoms with Gasteiger partial charge in [-0.15, -0.1) is 0 Å². The second kappa shape index (κ2) is 2.28. The molecule has 2 nitrogen and oxygen atoms in total. The monoisotopic (exact) mass is 102 g/mol. The summed E-state index contributed by atoms with van der Waals surface area (Å²) < 4.78 is 5.01. The van der Waals surface area contributed by atoms with Gasteiger partial charge in [0.25, 0.3) is 0 Å². The molecule has 1 heterocycles. The van der Waals surface area contributed by atoms with Gasteiger partial charge in [-0.05, 0) is 12.8 Å². The average Bonchev–Trinajstić information content (AvgIpc) is 1.55. The first-order valence-electron chi connectivity index (χ1n) is 2.66. The van der Waals surface area contributed by atoms with Crippen molar-refractivity contribution in [3.05, 3.63) is 0 Å². The lowest BCUT2D eigenvalue weighted by Gasteiger charge is -2.25. The minimum Gasteiger partial charge on any atom is -0.396 e. The molecule has 0 aliphatic carbocycles. The Morgan fingerprint density at radius 1 is 1.71 bits per heavy atom. The van der Waals surface area contributed by atoms with E-state index >= 15 is 0 Å². The molecule has 0 unspecified atom stereocenters. The van der Waals surface area contributed by atoms with Crippen LogP contribution in [0.25, 0.3) is 0 Å². The Bertz CT molecular complexity index is 50.0. The van der Waals surface area contributed by atoms with Gasteiger partial charge in [0.05, 0.1) is 6.10 Å². The normalized spacial score (nSPS) is 29.6. The summed E-state index contributed by atoms with van der Waals surface area (Å²) in [6.07, 6.45) is 2.34. The number of ether oxygens (including phenoxy) is 1. The fourth-order valence-corrected chi connectivity index (χ4v) is 0.656. The molecule has 1 fully saturated rings. The molecule has 42 valence electrons. The van der Waals surface area contributed by atoms with E-state index in [4.69, 9.17) is 9.84 Å². The summed E-state index contributed by atoms with van der Waals surface area (Å²) in [4.78, 5) is 0. The Kier molecular flexibility index (Phi) is 1.65. The minimum absolute atomic E-state index is 0.269. The standard InChI is InChI=1S/C5H10O2/c6-3-1-5-2-4-7-5/h5-6H,1-4H2/t5-/m1/s1. The Morgan fingerprint density at radius 2 is 2.43 bits per heavy atom. The Hall–Kier alpha value is -0.0800. The van der Waals surface area contributed by atoms with Crippen molar-refractivity contribution in [1.29, 1.82) is 0 Å². The van der Waals surface area contributed by atoms with E-state index in [0.29, 0.717) is 6.10 Å². The largest absolute Gasteiger partial charge is 0.396 e. The Morgan fingerprint density at radius 3 is 2.57 bits per heavy atom. The SMILES string of the molecule is OCC[C@@H]1CCO1. The molecule has 0 aromatic carbocycles. The van der Waals surface area contributed by atoms with E-state index in [2.05, 4.69) is 0 Å². The van der Waals surface area contributed by atoms with Crippen LogP contribution >= 0.6 is 0 Å². The molecule has 7 heavy (non-hydrogen) atoms. The van der Waals surface area contributed by atoms with Crippen LogP contribution in [-0.4, -0.2) is 24.4 Å². The summed E-state index contributed by atoms with van der Waals surface area (Å²) in [6, 6.07) is 0. The molecule has 0 bridgehead atoms. The van der Waals surface area contributed by atoms with Crippen LogP contribution in [0, 0.1) is 0 Å². The van der Waals surface area contributed by atoms with E-state index in [1.54, 1.807) is 0 Å². The van der Waals surface area contributed by atoms with Gasteiger partial charge < -0.3 is 9.84 Å². The van der Waals surface area contributed by atoms with E-state index in [9.17, 15) is 0 Å². The van der Waals surface area contributed by atoms with E-state index in [1.165, 1.54) is 0 Å². The molecular weight excluding hydrogens is 92.1 g/mol. The maximum atomic E-state index is 8.32. The molecule has 1 atom stereocenters. The van der Waals surface area contributed by atoms with Crippen LogP contribution in [-0.2, 0) is 4.74 Å². The fraction of sp³-hybridized carbons (Fsp3) is 1.00. The lowest BCUT2D eigenvalue weighted by molar-refractivity contribution is -0.0610. The molecule has 1 saturated heterocycles. The lowest BCUT2D eigenvalue weighted by atomic mass is 10.1. The van der Waals surface area contributed by atoms with Gasteiger partial charge in [-0.1, -0.05) is 0 Å². The second-order valence-corrected chi connectivity index (χ2v) is 1.79. The van der Waals surface area contributed by atoms with Gasteiger partial charge in [-0.3, -0.25) is 0 Å². The molecule has 1 aliphatic heterocycles. The van der Waals surface area contributed by atoms with Crippen LogP contribution < -0.4 is 0 Å². The molecule has 2 heteroatoms. The van der Waals surface area contributed by atoms with E-state index in [0.717, 1.165) is 19.4 Å². The maximum Gasteiger partial charge on any atom is 0.0618 e. The first kappa shape index (κ1) is 5.06. The van der Waals surface area contributed by atoms with Crippen molar-refractivity contribution in [2.75, 3.05) is 13.2 Å². The third kappa shape index (κ3) is 1.14. The highest BCUT2D eigenvalue weighted by Gasteiger charge is 2.15. The van der Waals surface area contributed by atoms with Gasteiger partial charge >= 0.3 is 0 Å². The van der Waals surface area contributed by atoms with Gasteiger partial charge in [-0.25, -0.2) is 0 Å². The molecule has 0 aromatic rings. The molecule has 0 aromatic heterocycles. The molecule has 1 N–H and O–H groups in total. The molecule has 1 aliphatic rings. The number of hydrogen-bond acceptors (Lipinski definition) is 2. The summed E-state index contributed by atoms with van der Waals surface area (Å²) in [6.45, 7) is 1.16. The number of aliphatic hydroxyl groups excluding tert-OH is 1. The first-order valence-corrected chi connectivity index (χ1v) is 2.66. The number of aliphatic hydroxyl groups is 1. The number of rotatable bonds is 2. The van der Waals surface area contributed by atoms with Crippen LogP contribution in [0.3, 0.4) is 0 Å². The van der Waals surface area contributed by atoms with Crippen LogP contribution in [0.2, 0.25) is 0 Å². The highest BCUT2D eigenvalue weighted by Crippen LogP contribution is 2.13. The fourth-order valence-electron chi connectivity index (χ4n) is 0.656. The Labute approximate surface area is 43.1 Å². The molecular formula is C5H10O2. The lowest BCUT2D eigenvalue weighted by Crippen LogP contribution is -2.27. The van der Waals surface area contributed by atoms with Crippen LogP contribution in [0.5, 0.6) is 0 Å². The first-order chi connectivity index (χ1) is 3.43. The minimum atomic E-state index is 0.269. The summed E-state index contributed by atoms with van der Waals surface area (Å²) in [5, 5.41) is 8.32. The average molecular weight is 102 g/mol. The van der Waals surface area contributed by atoms with E-state index in [1.807, 2.05) is 0 Å². The van der Waals surface area contributed by atoms with Crippen molar-refractivity contribution in [2.45, 2.75) is 18.9 Å². The molecule has 0 spiro atoms. The second-order valence-electron chi connectivity index (χ2n) is 1.79. The Balaban J connectivity index is 1.93. The van der Waals surface area contributed by atoms with Crippen molar-refractivity contribution >= 4 is 0 Å². The van der Waals surface area contributed by atoms with Crippen LogP contribution in [0.15, 0.2) is 0 Å². The predicted octanol–water partition coefficient (Wildman–Crippen LogP) is 0.158. The molecule has 0 amide bonds. The highest BCUT2D eigenvalue weighted by atomic mass is 16.5. The van der Waals surface area contributed by atoms with E-state index < -0.39 is 0 Å². The van der Waals surface area contributed by atoms with Gasteiger partial charge in [-0.2, -0.15) is 0 Å². The quantitative estimate of drug-likeness (QED) is 0.538. The van der Waals surface area contributed by atoms with Crippen LogP contribution in [0.4, 0.5) is 0 Å². The zero-order chi connectivity index (χ0) is 5.11.